The van der Waals surface area contributed by atoms with Gasteiger partial charge in [-0.1, -0.05) is 0 Å². The van der Waals surface area contributed by atoms with Crippen molar-refractivity contribution >= 4 is 11.9 Å². The summed E-state index contributed by atoms with van der Waals surface area (Å²) in [6, 6.07) is -0.961. The zero-order chi connectivity index (χ0) is 9.30. The van der Waals surface area contributed by atoms with Gasteiger partial charge in [-0.05, 0) is 0 Å². The summed E-state index contributed by atoms with van der Waals surface area (Å²) in [4.78, 5) is 22.4. The number of β-amino-alcohol motifs (C(OH)–C–C–N with tert-alkyl or cyclic N) is 1. The molecule has 1 aliphatic rings. The van der Waals surface area contributed by atoms with Gasteiger partial charge in [0.05, 0.1) is 18.1 Å². The van der Waals surface area contributed by atoms with Gasteiger partial charge in [0.2, 0.25) is 5.91 Å². The first kappa shape index (κ1) is 8.99. The van der Waals surface area contributed by atoms with Gasteiger partial charge < -0.3 is 19.9 Å². The molecule has 12 heavy (non-hydrogen) atoms. The normalized spacial score (nSPS) is 29.0. The molecule has 0 aromatic carbocycles. The van der Waals surface area contributed by atoms with Crippen LogP contribution in [-0.4, -0.2) is 40.6 Å². The van der Waals surface area contributed by atoms with E-state index in [0.29, 0.717) is 0 Å². The van der Waals surface area contributed by atoms with E-state index in [9.17, 15) is 14.7 Å². The van der Waals surface area contributed by atoms with Crippen LogP contribution < -0.4 is 5.11 Å². The van der Waals surface area contributed by atoms with Crippen molar-refractivity contribution in [3.63, 3.8) is 0 Å². The molecule has 1 saturated heterocycles. The summed E-state index contributed by atoms with van der Waals surface area (Å²) in [6.07, 6.45) is -0.668. The lowest BCUT2D eigenvalue weighted by molar-refractivity contribution is -0.310. The number of rotatable bonds is 1. The second-order valence-corrected chi connectivity index (χ2v) is 2.90. The molecule has 1 rings (SSSR count). The third-order valence-corrected chi connectivity index (χ3v) is 1.96. The molecule has 1 aliphatic heterocycles. The Morgan fingerprint density at radius 2 is 2.17 bits per heavy atom. The molecule has 1 amide bonds. The van der Waals surface area contributed by atoms with Crippen LogP contribution in [0.25, 0.3) is 0 Å². The quantitative estimate of drug-likeness (QED) is 0.483. The third kappa shape index (κ3) is 1.55. The van der Waals surface area contributed by atoms with Gasteiger partial charge in [-0.3, -0.25) is 4.79 Å². The van der Waals surface area contributed by atoms with E-state index in [1.807, 2.05) is 0 Å². The van der Waals surface area contributed by atoms with Crippen molar-refractivity contribution in [2.75, 3.05) is 6.54 Å². The topological polar surface area (TPSA) is 80.7 Å². The Labute approximate surface area is 69.6 Å². The number of carboxylic acids is 1. The molecule has 1 heterocycles. The van der Waals surface area contributed by atoms with Gasteiger partial charge >= 0.3 is 0 Å². The Bertz CT molecular complexity index is 193. The van der Waals surface area contributed by atoms with Gasteiger partial charge in [0.15, 0.2) is 0 Å². The zero-order valence-electron chi connectivity index (χ0n) is 6.69. The van der Waals surface area contributed by atoms with Crippen molar-refractivity contribution in [1.82, 2.24) is 4.90 Å². The molecule has 1 N–H and O–H groups in total. The van der Waals surface area contributed by atoms with Crippen LogP contribution in [0, 0.1) is 0 Å². The van der Waals surface area contributed by atoms with Crippen LogP contribution in [-0.2, 0) is 9.59 Å². The third-order valence-electron chi connectivity index (χ3n) is 1.96. The Kier molecular flexibility index (Phi) is 2.32. The molecular formula is C7H10NO4-. The highest BCUT2D eigenvalue weighted by Crippen LogP contribution is 2.16. The fraction of sp³-hybridized carbons (Fsp3) is 0.714. The van der Waals surface area contributed by atoms with E-state index >= 15 is 0 Å². The number of amides is 1. The summed E-state index contributed by atoms with van der Waals surface area (Å²) in [5.41, 5.74) is 0. The summed E-state index contributed by atoms with van der Waals surface area (Å²) in [5.74, 6) is -1.65. The predicted octanol–water partition coefficient (Wildman–Crippen LogP) is -2.28. The number of carboxylic acid groups (broad SMARTS) is 1. The fourth-order valence-electron chi connectivity index (χ4n) is 1.39. The van der Waals surface area contributed by atoms with Crippen molar-refractivity contribution in [3.05, 3.63) is 0 Å². The van der Waals surface area contributed by atoms with E-state index in [0.717, 1.165) is 4.90 Å². The molecule has 68 valence electrons. The number of aliphatic carboxylic acids is 1. The van der Waals surface area contributed by atoms with Crippen LogP contribution in [0.1, 0.15) is 13.3 Å². The van der Waals surface area contributed by atoms with E-state index in [-0.39, 0.29) is 18.9 Å². The molecule has 5 heteroatoms. The van der Waals surface area contributed by atoms with Gasteiger partial charge in [0.25, 0.3) is 0 Å². The van der Waals surface area contributed by atoms with E-state index < -0.39 is 18.1 Å². The first-order chi connectivity index (χ1) is 5.52. The Morgan fingerprint density at radius 3 is 2.50 bits per heavy atom. The SMILES string of the molecule is CC(=O)N1C[C@H](O)C[C@H]1C(=O)[O-]. The summed E-state index contributed by atoms with van der Waals surface area (Å²) < 4.78 is 0. The van der Waals surface area contributed by atoms with E-state index in [2.05, 4.69) is 0 Å². The number of carbonyl (C=O) groups excluding carboxylic acids is 2. The van der Waals surface area contributed by atoms with Gasteiger partial charge in [0.1, 0.15) is 0 Å². The van der Waals surface area contributed by atoms with E-state index in [1.165, 1.54) is 6.92 Å². The minimum atomic E-state index is -1.30. The van der Waals surface area contributed by atoms with Crippen LogP contribution in [0.5, 0.6) is 0 Å². The largest absolute Gasteiger partial charge is 0.548 e. The second kappa shape index (κ2) is 3.10. The lowest BCUT2D eigenvalue weighted by Gasteiger charge is -2.23. The molecule has 0 bridgehead atoms. The second-order valence-electron chi connectivity index (χ2n) is 2.90. The van der Waals surface area contributed by atoms with Crippen LogP contribution in [0.4, 0.5) is 0 Å². The van der Waals surface area contributed by atoms with Crippen molar-refractivity contribution in [2.24, 2.45) is 0 Å². The summed E-state index contributed by atoms with van der Waals surface area (Å²) in [6.45, 7) is 1.36. The number of likely N-dealkylation sites (tertiary alicyclic amines) is 1. The highest BCUT2D eigenvalue weighted by Gasteiger charge is 2.33. The fourth-order valence-corrected chi connectivity index (χ4v) is 1.39. The minimum Gasteiger partial charge on any atom is -0.548 e. The first-order valence-electron chi connectivity index (χ1n) is 3.68. The Balaban J connectivity index is 2.72. The molecule has 0 aliphatic carbocycles. The van der Waals surface area contributed by atoms with E-state index in [1.54, 1.807) is 0 Å². The lowest BCUT2D eigenvalue weighted by Crippen LogP contribution is -2.46. The number of aliphatic hydroxyl groups is 1. The summed E-state index contributed by atoms with van der Waals surface area (Å²) >= 11 is 0. The maximum absolute atomic E-state index is 10.8. The smallest absolute Gasteiger partial charge is 0.220 e. The number of hydrogen-bond acceptors (Lipinski definition) is 4. The van der Waals surface area contributed by atoms with Gasteiger partial charge in [-0.2, -0.15) is 0 Å². The Hall–Kier alpha value is -1.10. The number of nitrogens with zero attached hydrogens (tertiary/aromatic N) is 1. The minimum absolute atomic E-state index is 0.0713. The molecule has 0 saturated carbocycles. The number of carbonyl (C=O) groups is 2. The van der Waals surface area contributed by atoms with Crippen molar-refractivity contribution in [2.45, 2.75) is 25.5 Å². The summed E-state index contributed by atoms with van der Waals surface area (Å²) in [7, 11) is 0. The molecule has 0 radical (unpaired) electrons. The number of aliphatic hydroxyl groups excluding tert-OH is 1. The van der Waals surface area contributed by atoms with Crippen LogP contribution in [0.2, 0.25) is 0 Å². The first-order valence-corrected chi connectivity index (χ1v) is 3.68. The van der Waals surface area contributed by atoms with Crippen molar-refractivity contribution in [1.29, 1.82) is 0 Å². The molecule has 2 atom stereocenters. The average molecular weight is 172 g/mol. The lowest BCUT2D eigenvalue weighted by atomic mass is 10.2. The highest BCUT2D eigenvalue weighted by molar-refractivity contribution is 5.82. The van der Waals surface area contributed by atoms with Gasteiger partial charge in [0, 0.05) is 19.9 Å². The standard InChI is InChI=1S/C7H11NO4/c1-4(9)8-3-5(10)2-6(8)7(11)12/h5-6,10H,2-3H2,1H3,(H,11,12)/p-1/t5-,6+/m1/s1. The Morgan fingerprint density at radius 1 is 1.58 bits per heavy atom. The number of hydrogen-bond donors (Lipinski definition) is 1. The van der Waals surface area contributed by atoms with Gasteiger partial charge in [-0.15, -0.1) is 0 Å². The zero-order valence-corrected chi connectivity index (χ0v) is 6.69. The predicted molar refractivity (Wildman–Crippen MR) is 36.8 cm³/mol. The van der Waals surface area contributed by atoms with Crippen LogP contribution >= 0.6 is 0 Å². The van der Waals surface area contributed by atoms with Crippen LogP contribution in [0.3, 0.4) is 0 Å². The molecule has 5 nitrogen and oxygen atoms in total. The van der Waals surface area contributed by atoms with Gasteiger partial charge in [-0.25, -0.2) is 0 Å². The molecular weight excluding hydrogens is 162 g/mol. The molecule has 0 aromatic heterocycles. The maximum Gasteiger partial charge on any atom is 0.220 e. The monoisotopic (exact) mass is 172 g/mol. The van der Waals surface area contributed by atoms with Crippen molar-refractivity contribution < 1.29 is 19.8 Å². The highest BCUT2D eigenvalue weighted by atomic mass is 16.4. The molecule has 0 aromatic rings. The van der Waals surface area contributed by atoms with E-state index in [4.69, 9.17) is 5.11 Å². The van der Waals surface area contributed by atoms with Crippen LogP contribution in [0.15, 0.2) is 0 Å². The molecule has 0 spiro atoms. The maximum atomic E-state index is 10.8. The molecule has 1 fully saturated rings. The average Bonchev–Trinajstić information content (AvgIpc) is 2.31. The molecule has 0 unspecified atom stereocenters. The summed E-state index contributed by atoms with van der Waals surface area (Å²) in [5, 5.41) is 19.5. The van der Waals surface area contributed by atoms with Crippen molar-refractivity contribution in [3.8, 4) is 0 Å².